The van der Waals surface area contributed by atoms with Crippen LogP contribution in [0.25, 0.3) is 0 Å². The average Bonchev–Trinajstić information content (AvgIpc) is 3.45. The van der Waals surface area contributed by atoms with Crippen molar-refractivity contribution in [3.05, 3.63) is 113 Å². The molecule has 0 aromatic heterocycles. The average molecular weight is 657 g/mol. The van der Waals surface area contributed by atoms with E-state index in [-0.39, 0.29) is 44.8 Å². The quantitative estimate of drug-likeness (QED) is 0.236. The van der Waals surface area contributed by atoms with Crippen molar-refractivity contribution in [2.45, 2.75) is 41.6 Å². The molecule has 1 fully saturated rings. The molecule has 0 bridgehead atoms. The number of sulfonamides is 2. The van der Waals surface area contributed by atoms with E-state index in [1.807, 2.05) is 20.8 Å². The summed E-state index contributed by atoms with van der Waals surface area (Å²) in [5.41, 5.74) is 2.85. The molecule has 232 valence electrons. The van der Waals surface area contributed by atoms with Crippen molar-refractivity contribution in [2.24, 2.45) is 0 Å². The van der Waals surface area contributed by atoms with Gasteiger partial charge in [-0.2, -0.15) is 17.0 Å². The predicted molar refractivity (Wildman–Crippen MR) is 165 cm³/mol. The second kappa shape index (κ2) is 12.0. The van der Waals surface area contributed by atoms with Crippen LogP contribution >= 0.6 is 0 Å². The Kier molecular flexibility index (Phi) is 8.62. The van der Waals surface area contributed by atoms with Crippen LogP contribution in [-0.4, -0.2) is 54.1 Å². The Labute approximate surface area is 258 Å². The van der Waals surface area contributed by atoms with Gasteiger partial charge in [0.15, 0.2) is 11.5 Å². The zero-order chi connectivity index (χ0) is 31.9. The highest BCUT2D eigenvalue weighted by Crippen LogP contribution is 2.41. The number of aryl methyl sites for hydroxylation is 3. The zero-order valence-corrected chi connectivity index (χ0v) is 27.0. The van der Waals surface area contributed by atoms with E-state index in [9.17, 15) is 25.3 Å². The summed E-state index contributed by atoms with van der Waals surface area (Å²) in [4.78, 5) is -0.0339. The van der Waals surface area contributed by atoms with E-state index in [0.717, 1.165) is 25.3 Å². The van der Waals surface area contributed by atoms with Gasteiger partial charge in [-0.15, -0.1) is 0 Å². The van der Waals surface area contributed by atoms with Gasteiger partial charge in [0.25, 0.3) is 0 Å². The lowest BCUT2D eigenvalue weighted by atomic mass is 10.1. The molecule has 0 amide bonds. The molecule has 1 saturated heterocycles. The SMILES string of the molecule is COc1cc(C2N(S(=O)(=O)c3ccc(C)cc3)CCN2S(=O)(=O)c2ccc(C)cc2)ccc1OS(=O)(=O)c1ccc(C)cc1. The van der Waals surface area contributed by atoms with Gasteiger partial charge in [-0.05, 0) is 74.9 Å². The smallest absolute Gasteiger partial charge is 0.339 e. The van der Waals surface area contributed by atoms with Crippen molar-refractivity contribution < 1.29 is 34.2 Å². The van der Waals surface area contributed by atoms with Crippen LogP contribution in [0.2, 0.25) is 0 Å². The molecule has 0 radical (unpaired) electrons. The number of rotatable bonds is 9. The molecule has 0 N–H and O–H groups in total. The molecule has 44 heavy (non-hydrogen) atoms. The number of benzene rings is 4. The van der Waals surface area contributed by atoms with E-state index >= 15 is 0 Å². The summed E-state index contributed by atoms with van der Waals surface area (Å²) in [6.45, 7) is 5.26. The third-order valence-corrected chi connectivity index (χ3v) is 12.3. The number of ether oxygens (including phenoxy) is 1. The highest BCUT2D eigenvalue weighted by Gasteiger charge is 2.47. The molecule has 1 heterocycles. The highest BCUT2D eigenvalue weighted by molar-refractivity contribution is 7.90. The highest BCUT2D eigenvalue weighted by atomic mass is 32.2. The summed E-state index contributed by atoms with van der Waals surface area (Å²) < 4.78 is 94.9. The summed E-state index contributed by atoms with van der Waals surface area (Å²) in [6.07, 6.45) is -1.30. The van der Waals surface area contributed by atoms with Crippen LogP contribution in [0.3, 0.4) is 0 Å². The van der Waals surface area contributed by atoms with Crippen LogP contribution in [0.15, 0.2) is 106 Å². The lowest BCUT2D eigenvalue weighted by Gasteiger charge is -2.30. The molecule has 0 spiro atoms. The molecule has 1 aliphatic heterocycles. The van der Waals surface area contributed by atoms with Crippen LogP contribution in [0.4, 0.5) is 0 Å². The third-order valence-electron chi connectivity index (χ3n) is 7.34. The fourth-order valence-electron chi connectivity index (χ4n) is 4.90. The van der Waals surface area contributed by atoms with Crippen molar-refractivity contribution >= 4 is 30.2 Å². The number of hydrogen-bond donors (Lipinski definition) is 0. The second-order valence-corrected chi connectivity index (χ2v) is 15.8. The number of nitrogens with zero attached hydrogens (tertiary/aromatic N) is 2. The first-order chi connectivity index (χ1) is 20.7. The van der Waals surface area contributed by atoms with Gasteiger partial charge in [0.05, 0.1) is 16.9 Å². The minimum Gasteiger partial charge on any atom is -0.493 e. The van der Waals surface area contributed by atoms with Crippen LogP contribution in [-0.2, 0) is 30.2 Å². The maximum Gasteiger partial charge on any atom is 0.339 e. The Hall–Kier alpha value is -3.75. The molecular formula is C31H32N2O8S3. The van der Waals surface area contributed by atoms with Crippen LogP contribution in [0.5, 0.6) is 11.5 Å². The van der Waals surface area contributed by atoms with Crippen LogP contribution in [0.1, 0.15) is 28.4 Å². The first-order valence-corrected chi connectivity index (χ1v) is 17.9. The molecule has 0 atom stereocenters. The Morgan fingerprint density at radius 2 is 0.977 bits per heavy atom. The topological polar surface area (TPSA) is 127 Å². The lowest BCUT2D eigenvalue weighted by Crippen LogP contribution is -2.38. The molecule has 0 aliphatic carbocycles. The van der Waals surface area contributed by atoms with Crippen molar-refractivity contribution in [1.29, 1.82) is 0 Å². The summed E-state index contributed by atoms with van der Waals surface area (Å²) in [5.74, 6) is -0.166. The van der Waals surface area contributed by atoms with Crippen molar-refractivity contribution in [3.63, 3.8) is 0 Å². The summed E-state index contributed by atoms with van der Waals surface area (Å²) in [6, 6.07) is 22.9. The van der Waals surface area contributed by atoms with Gasteiger partial charge in [-0.3, -0.25) is 0 Å². The Bertz CT molecular complexity index is 1910. The van der Waals surface area contributed by atoms with Gasteiger partial charge in [0.1, 0.15) is 11.1 Å². The van der Waals surface area contributed by atoms with Gasteiger partial charge in [-0.25, -0.2) is 16.8 Å². The standard InChI is InChI=1S/C31H32N2O8S3/c1-22-5-12-26(13-6-22)42(34,35)32-19-20-33(43(36,37)27-14-7-23(2)8-15-27)31(32)25-11-18-29(30(21-25)40-4)41-44(38,39)28-16-9-24(3)10-17-28/h5-18,21,31H,19-20H2,1-4H3. The van der Waals surface area contributed by atoms with Crippen molar-refractivity contribution in [1.82, 2.24) is 8.61 Å². The zero-order valence-electron chi connectivity index (χ0n) is 24.5. The summed E-state index contributed by atoms with van der Waals surface area (Å²) in [5, 5.41) is 0. The van der Waals surface area contributed by atoms with Crippen molar-refractivity contribution in [3.8, 4) is 11.5 Å². The molecule has 5 rings (SSSR count). The van der Waals surface area contributed by atoms with Crippen molar-refractivity contribution in [2.75, 3.05) is 20.2 Å². The number of hydrogen-bond acceptors (Lipinski definition) is 8. The third kappa shape index (κ3) is 6.10. The van der Waals surface area contributed by atoms with E-state index in [1.165, 1.54) is 61.7 Å². The Morgan fingerprint density at radius 1 is 0.568 bits per heavy atom. The molecule has 4 aromatic rings. The largest absolute Gasteiger partial charge is 0.493 e. The minimum atomic E-state index is -4.23. The minimum absolute atomic E-state index is 0.0128. The normalized spacial score (nSPS) is 15.4. The molecule has 0 unspecified atom stereocenters. The summed E-state index contributed by atoms with van der Waals surface area (Å²) in [7, 11) is -11.3. The van der Waals surface area contributed by atoms with Gasteiger partial charge in [0, 0.05) is 13.1 Å². The molecule has 10 nitrogen and oxygen atoms in total. The molecule has 1 aliphatic rings. The molecular weight excluding hydrogens is 625 g/mol. The monoisotopic (exact) mass is 656 g/mol. The van der Waals surface area contributed by atoms with E-state index < -0.39 is 36.3 Å². The Balaban J connectivity index is 1.60. The maximum atomic E-state index is 13.9. The fraction of sp³-hybridized carbons (Fsp3) is 0.226. The first-order valence-electron chi connectivity index (χ1n) is 13.6. The van der Waals surface area contributed by atoms with Gasteiger partial charge in [0.2, 0.25) is 20.0 Å². The van der Waals surface area contributed by atoms with Gasteiger partial charge >= 0.3 is 10.1 Å². The van der Waals surface area contributed by atoms with E-state index in [1.54, 1.807) is 36.4 Å². The van der Waals surface area contributed by atoms with Crippen LogP contribution in [0, 0.1) is 20.8 Å². The summed E-state index contributed by atoms with van der Waals surface area (Å²) >= 11 is 0. The first kappa shape index (κ1) is 31.7. The van der Waals surface area contributed by atoms with Gasteiger partial charge < -0.3 is 8.92 Å². The number of methoxy groups -OCH3 is 1. The second-order valence-electron chi connectivity index (χ2n) is 10.5. The maximum absolute atomic E-state index is 13.9. The van der Waals surface area contributed by atoms with Gasteiger partial charge in [-0.1, -0.05) is 59.2 Å². The van der Waals surface area contributed by atoms with E-state index in [2.05, 4.69) is 0 Å². The van der Waals surface area contributed by atoms with E-state index in [4.69, 9.17) is 8.92 Å². The van der Waals surface area contributed by atoms with Crippen LogP contribution < -0.4 is 8.92 Å². The van der Waals surface area contributed by atoms with E-state index in [0.29, 0.717) is 0 Å². The molecule has 13 heteroatoms. The predicted octanol–water partition coefficient (Wildman–Crippen LogP) is 4.78. The Morgan fingerprint density at radius 3 is 1.39 bits per heavy atom. The molecule has 4 aromatic carbocycles. The molecule has 0 saturated carbocycles. The fourth-order valence-corrected chi connectivity index (χ4v) is 9.04. The lowest BCUT2D eigenvalue weighted by molar-refractivity contribution is 0.290.